The molecule has 0 saturated heterocycles. The van der Waals surface area contributed by atoms with E-state index in [0.717, 1.165) is 30.4 Å². The van der Waals surface area contributed by atoms with Crippen molar-refractivity contribution < 1.29 is 35.9 Å². The fourth-order valence-corrected chi connectivity index (χ4v) is 2.55. The van der Waals surface area contributed by atoms with Crippen LogP contribution in [-0.4, -0.2) is 24.5 Å². The molecule has 2 amide bonds. The zero-order valence-corrected chi connectivity index (χ0v) is 16.5. The van der Waals surface area contributed by atoms with E-state index in [0.29, 0.717) is 5.56 Å². The maximum Gasteiger partial charge on any atom is 0.416 e. The van der Waals surface area contributed by atoms with Gasteiger partial charge in [0.05, 0.1) is 5.56 Å². The van der Waals surface area contributed by atoms with Gasteiger partial charge in [0, 0.05) is 22.3 Å². The minimum absolute atomic E-state index is 0.00318. The fraction of sp³-hybridized carbons (Fsp3) is 0.200. The maximum absolute atomic E-state index is 12.8. The van der Waals surface area contributed by atoms with E-state index in [-0.39, 0.29) is 21.8 Å². The molecule has 0 unspecified atom stereocenters. The van der Waals surface area contributed by atoms with Gasteiger partial charge in [-0.2, -0.15) is 26.3 Å². The molecule has 11 heteroatoms. The summed E-state index contributed by atoms with van der Waals surface area (Å²) >= 11 is 5.86. The second-order valence-electron chi connectivity index (χ2n) is 6.38. The lowest BCUT2D eigenvalue weighted by atomic mass is 10.1. The Morgan fingerprint density at radius 3 is 2.32 bits per heavy atom. The number of halogens is 7. The molecule has 0 fully saturated rings. The van der Waals surface area contributed by atoms with Gasteiger partial charge in [0.15, 0.2) is 0 Å². The Kier molecular flexibility index (Phi) is 7.37. The molecule has 0 aliphatic heterocycles. The Hall–Kier alpha value is -3.01. The molecular formula is C20H15ClF6N2O2. The number of nitrogens with one attached hydrogen (secondary N) is 2. The first-order valence-electron chi connectivity index (χ1n) is 8.57. The van der Waals surface area contributed by atoms with E-state index in [1.165, 1.54) is 18.2 Å². The Labute approximate surface area is 177 Å². The van der Waals surface area contributed by atoms with E-state index in [2.05, 4.69) is 5.32 Å². The van der Waals surface area contributed by atoms with E-state index >= 15 is 0 Å². The van der Waals surface area contributed by atoms with Gasteiger partial charge in [-0.05, 0) is 54.5 Å². The molecule has 2 N–H and O–H groups in total. The van der Waals surface area contributed by atoms with Crippen molar-refractivity contribution in [3.05, 3.63) is 69.8 Å². The van der Waals surface area contributed by atoms with E-state index in [1.807, 2.05) is 0 Å². The van der Waals surface area contributed by atoms with Gasteiger partial charge in [0.25, 0.3) is 5.91 Å². The number of rotatable bonds is 5. The van der Waals surface area contributed by atoms with Crippen LogP contribution >= 0.6 is 11.6 Å². The summed E-state index contributed by atoms with van der Waals surface area (Å²) < 4.78 is 75.2. The lowest BCUT2D eigenvalue weighted by Gasteiger charge is -2.11. The second kappa shape index (κ2) is 9.42. The molecule has 0 aliphatic rings. The number of carbonyl (C=O) groups is 2. The standard InChI is InChI=1S/C20H15ClF6N2O2/c1-11-2-3-13(18(31)28-10-19(22,23)24)9-16(11)29-17(30)7-4-12-8-14(20(25,26)27)5-6-15(12)21/h2-9H,10H2,1H3,(H,28,31)(H,29,30)/b7-4+. The van der Waals surface area contributed by atoms with Crippen LogP contribution in [0.4, 0.5) is 32.0 Å². The number of hydrogen-bond acceptors (Lipinski definition) is 2. The third-order valence-electron chi connectivity index (χ3n) is 3.94. The topological polar surface area (TPSA) is 58.2 Å². The quantitative estimate of drug-likeness (QED) is 0.446. The van der Waals surface area contributed by atoms with Crippen molar-refractivity contribution in [3.8, 4) is 0 Å². The Bertz CT molecular complexity index is 1020. The second-order valence-corrected chi connectivity index (χ2v) is 6.79. The summed E-state index contributed by atoms with van der Waals surface area (Å²) in [6, 6.07) is 6.53. The first kappa shape index (κ1) is 24.3. The maximum atomic E-state index is 12.8. The first-order chi connectivity index (χ1) is 14.3. The summed E-state index contributed by atoms with van der Waals surface area (Å²) in [4.78, 5) is 24.0. The van der Waals surface area contributed by atoms with Gasteiger partial charge in [0.2, 0.25) is 5.91 Å². The van der Waals surface area contributed by atoms with Crippen LogP contribution in [0, 0.1) is 6.92 Å². The average molecular weight is 465 g/mol. The van der Waals surface area contributed by atoms with Crippen LogP contribution in [0.2, 0.25) is 5.02 Å². The summed E-state index contributed by atoms with van der Waals surface area (Å²) in [6.45, 7) is 0.0717. The van der Waals surface area contributed by atoms with Crippen LogP contribution in [-0.2, 0) is 11.0 Å². The molecule has 0 bridgehead atoms. The number of benzene rings is 2. The minimum atomic E-state index is -4.58. The Morgan fingerprint density at radius 1 is 1.03 bits per heavy atom. The average Bonchev–Trinajstić information content (AvgIpc) is 2.65. The Balaban J connectivity index is 2.15. The molecule has 4 nitrogen and oxygen atoms in total. The van der Waals surface area contributed by atoms with E-state index in [9.17, 15) is 35.9 Å². The molecule has 0 saturated carbocycles. The zero-order chi connectivity index (χ0) is 23.4. The Morgan fingerprint density at radius 2 is 1.71 bits per heavy atom. The predicted octanol–water partition coefficient (Wildman–Crippen LogP) is 5.61. The highest BCUT2D eigenvalue weighted by Crippen LogP contribution is 2.32. The van der Waals surface area contributed by atoms with Gasteiger partial charge < -0.3 is 10.6 Å². The van der Waals surface area contributed by atoms with E-state index < -0.39 is 36.3 Å². The summed E-state index contributed by atoms with van der Waals surface area (Å²) in [5.41, 5.74) is -0.445. The highest BCUT2D eigenvalue weighted by molar-refractivity contribution is 6.32. The lowest BCUT2D eigenvalue weighted by molar-refractivity contribution is -0.137. The molecule has 0 aliphatic carbocycles. The largest absolute Gasteiger partial charge is 0.416 e. The molecule has 2 aromatic rings. The zero-order valence-electron chi connectivity index (χ0n) is 15.8. The normalized spacial score (nSPS) is 12.1. The van der Waals surface area contributed by atoms with Crippen molar-refractivity contribution in [2.24, 2.45) is 0 Å². The van der Waals surface area contributed by atoms with Crippen LogP contribution in [0.5, 0.6) is 0 Å². The van der Waals surface area contributed by atoms with Gasteiger partial charge in [-0.15, -0.1) is 0 Å². The molecule has 0 spiro atoms. The third kappa shape index (κ3) is 7.32. The van der Waals surface area contributed by atoms with E-state index in [4.69, 9.17) is 11.6 Å². The molecule has 0 aromatic heterocycles. The van der Waals surface area contributed by atoms with Crippen LogP contribution in [0.15, 0.2) is 42.5 Å². The van der Waals surface area contributed by atoms with Gasteiger partial charge in [-0.1, -0.05) is 17.7 Å². The monoisotopic (exact) mass is 464 g/mol. The SMILES string of the molecule is Cc1ccc(C(=O)NCC(F)(F)F)cc1NC(=O)/C=C/c1cc(C(F)(F)F)ccc1Cl. The molecule has 2 rings (SSSR count). The highest BCUT2D eigenvalue weighted by Gasteiger charge is 2.30. The van der Waals surface area contributed by atoms with Crippen molar-refractivity contribution in [1.82, 2.24) is 5.32 Å². The molecule has 2 aromatic carbocycles. The van der Waals surface area contributed by atoms with Gasteiger partial charge in [0.1, 0.15) is 6.54 Å². The van der Waals surface area contributed by atoms with Crippen LogP contribution in [0.1, 0.15) is 27.0 Å². The molecule has 0 radical (unpaired) electrons. The van der Waals surface area contributed by atoms with Gasteiger partial charge in [-0.3, -0.25) is 9.59 Å². The van der Waals surface area contributed by atoms with Crippen molar-refractivity contribution in [1.29, 1.82) is 0 Å². The molecule has 0 atom stereocenters. The van der Waals surface area contributed by atoms with Crippen molar-refractivity contribution in [2.45, 2.75) is 19.3 Å². The van der Waals surface area contributed by atoms with Crippen molar-refractivity contribution in [3.63, 3.8) is 0 Å². The number of amides is 2. The number of aryl methyl sites for hydroxylation is 1. The third-order valence-corrected chi connectivity index (χ3v) is 4.29. The van der Waals surface area contributed by atoms with Gasteiger partial charge >= 0.3 is 12.4 Å². The molecular weight excluding hydrogens is 450 g/mol. The van der Waals surface area contributed by atoms with Crippen molar-refractivity contribution >= 4 is 35.2 Å². The van der Waals surface area contributed by atoms with Crippen LogP contribution in [0.3, 0.4) is 0 Å². The van der Waals surface area contributed by atoms with E-state index in [1.54, 1.807) is 12.2 Å². The first-order valence-corrected chi connectivity index (χ1v) is 8.95. The molecule has 166 valence electrons. The molecule has 31 heavy (non-hydrogen) atoms. The summed E-state index contributed by atoms with van der Waals surface area (Å²) in [5, 5.41) is 4.13. The minimum Gasteiger partial charge on any atom is -0.343 e. The molecule has 0 heterocycles. The lowest BCUT2D eigenvalue weighted by Crippen LogP contribution is -2.33. The predicted molar refractivity (Wildman–Crippen MR) is 104 cm³/mol. The van der Waals surface area contributed by atoms with Crippen LogP contribution in [0.25, 0.3) is 6.08 Å². The highest BCUT2D eigenvalue weighted by atomic mass is 35.5. The number of alkyl halides is 6. The van der Waals surface area contributed by atoms with Crippen molar-refractivity contribution in [2.75, 3.05) is 11.9 Å². The summed E-state index contributed by atoms with van der Waals surface area (Å²) in [5.74, 6) is -1.73. The van der Waals surface area contributed by atoms with Gasteiger partial charge in [-0.25, -0.2) is 0 Å². The van der Waals surface area contributed by atoms with Crippen LogP contribution < -0.4 is 10.6 Å². The smallest absolute Gasteiger partial charge is 0.343 e. The fourth-order valence-electron chi connectivity index (χ4n) is 2.37. The number of carbonyl (C=O) groups excluding carboxylic acids is 2. The summed E-state index contributed by atoms with van der Waals surface area (Å²) in [7, 11) is 0. The summed E-state index contributed by atoms with van der Waals surface area (Å²) in [6.07, 6.45) is -7.13. The number of anilines is 1. The number of hydrogen-bond donors (Lipinski definition) is 2.